The van der Waals surface area contributed by atoms with Gasteiger partial charge in [0, 0.05) is 36.6 Å². The van der Waals surface area contributed by atoms with Gasteiger partial charge in [-0.05, 0) is 37.1 Å². The Morgan fingerprint density at radius 3 is 2.50 bits per heavy atom. The van der Waals surface area contributed by atoms with Crippen LogP contribution >= 0.6 is 11.3 Å². The minimum atomic E-state index is -1.10. The van der Waals surface area contributed by atoms with Crippen molar-refractivity contribution in [2.45, 2.75) is 12.8 Å². The Labute approximate surface area is 233 Å². The quantitative estimate of drug-likeness (QED) is 0.265. The minimum Gasteiger partial charge on any atom is -0.496 e. The van der Waals surface area contributed by atoms with Crippen LogP contribution in [0.25, 0.3) is 10.3 Å². The molecule has 5 rings (SSSR count). The summed E-state index contributed by atoms with van der Waals surface area (Å²) >= 11 is 1.41. The van der Waals surface area contributed by atoms with E-state index in [1.165, 1.54) is 30.6 Å². The fraction of sp³-hybridized carbons (Fsp3) is 0.296. The largest absolute Gasteiger partial charge is 0.496 e. The fourth-order valence-corrected chi connectivity index (χ4v) is 5.25. The predicted octanol–water partition coefficient (Wildman–Crippen LogP) is 4.41. The zero-order valence-electron chi connectivity index (χ0n) is 22.1. The molecule has 0 radical (unpaired) electrons. The maximum absolute atomic E-state index is 13.2. The molecule has 12 nitrogen and oxygen atoms in total. The molecule has 3 N–H and O–H groups in total. The van der Waals surface area contributed by atoms with E-state index in [2.05, 4.69) is 15.6 Å². The monoisotopic (exact) mass is 564 g/mol. The zero-order valence-corrected chi connectivity index (χ0v) is 22.9. The number of aromatic carboxylic acids is 1. The highest BCUT2D eigenvalue weighted by molar-refractivity contribution is 7.16. The number of carbonyl (C=O) groups is 2. The summed E-state index contributed by atoms with van der Waals surface area (Å²) in [5.74, 6) is 0.835. The number of hydrogen-bond acceptors (Lipinski definition) is 11. The Bertz CT molecular complexity index is 1560. The number of carboxylic acids is 1. The van der Waals surface area contributed by atoms with Crippen LogP contribution in [0.3, 0.4) is 0 Å². The Kier molecular flexibility index (Phi) is 7.82. The van der Waals surface area contributed by atoms with Crippen molar-refractivity contribution in [3.8, 4) is 17.2 Å². The summed E-state index contributed by atoms with van der Waals surface area (Å²) in [5.41, 5.74) is 3.61. The number of nitrogens with one attached hydrogen (secondary N) is 2. The molecule has 1 saturated heterocycles. The number of thiazole rings is 1. The van der Waals surface area contributed by atoms with Gasteiger partial charge in [0.25, 0.3) is 0 Å². The third kappa shape index (κ3) is 5.54. The predicted molar refractivity (Wildman–Crippen MR) is 152 cm³/mol. The molecule has 3 heterocycles. The molecule has 0 saturated carbocycles. The van der Waals surface area contributed by atoms with E-state index < -0.39 is 5.97 Å². The van der Waals surface area contributed by atoms with Crippen molar-refractivity contribution in [2.24, 2.45) is 5.92 Å². The van der Waals surface area contributed by atoms with E-state index in [0.717, 1.165) is 16.9 Å². The second-order valence-electron chi connectivity index (χ2n) is 9.07. The summed E-state index contributed by atoms with van der Waals surface area (Å²) in [6.45, 7) is 1.13. The van der Waals surface area contributed by atoms with Gasteiger partial charge in [-0.3, -0.25) is 4.79 Å². The Balaban J connectivity index is 1.35. The van der Waals surface area contributed by atoms with Gasteiger partial charge in [0.2, 0.25) is 11.9 Å². The molecule has 208 valence electrons. The first-order chi connectivity index (χ1) is 19.4. The van der Waals surface area contributed by atoms with Crippen LogP contribution in [0.15, 0.2) is 41.9 Å². The number of carboxylic acid groups (broad SMARTS) is 1. The maximum atomic E-state index is 13.2. The first kappa shape index (κ1) is 26.9. The normalized spacial score (nSPS) is 15.0. The number of methoxy groups -OCH3 is 3. The van der Waals surface area contributed by atoms with Crippen molar-refractivity contribution in [3.63, 3.8) is 0 Å². The highest BCUT2D eigenvalue weighted by atomic mass is 32.1. The molecule has 1 atom stereocenters. The van der Waals surface area contributed by atoms with Gasteiger partial charge in [-0.15, -0.1) is 11.3 Å². The van der Waals surface area contributed by atoms with Crippen LogP contribution in [-0.4, -0.2) is 66.4 Å². The number of anilines is 4. The van der Waals surface area contributed by atoms with Crippen LogP contribution < -0.4 is 29.7 Å². The molecule has 4 aromatic rings. The highest BCUT2D eigenvalue weighted by Crippen LogP contribution is 2.34. The van der Waals surface area contributed by atoms with Gasteiger partial charge < -0.3 is 34.9 Å². The molecule has 1 aliphatic heterocycles. The zero-order chi connectivity index (χ0) is 28.2. The van der Waals surface area contributed by atoms with Crippen molar-refractivity contribution in [1.29, 1.82) is 0 Å². The molecule has 0 aliphatic carbocycles. The van der Waals surface area contributed by atoms with Crippen LogP contribution in [-0.2, 0) is 4.79 Å². The minimum absolute atomic E-state index is 0.0254. The number of rotatable bonds is 9. The van der Waals surface area contributed by atoms with Gasteiger partial charge in [-0.2, -0.15) is 9.97 Å². The second-order valence-corrected chi connectivity index (χ2v) is 9.90. The van der Waals surface area contributed by atoms with Gasteiger partial charge in [-0.1, -0.05) is 0 Å². The van der Waals surface area contributed by atoms with Crippen molar-refractivity contribution in [3.05, 3.63) is 47.5 Å². The molecule has 40 heavy (non-hydrogen) atoms. The van der Waals surface area contributed by atoms with E-state index in [4.69, 9.17) is 24.2 Å². The number of fused-ring (bicyclic) bond motifs is 1. The van der Waals surface area contributed by atoms with Crippen molar-refractivity contribution >= 4 is 56.7 Å². The topological polar surface area (TPSA) is 148 Å². The number of aromatic nitrogens is 3. The third-order valence-electron chi connectivity index (χ3n) is 6.61. The lowest BCUT2D eigenvalue weighted by Gasteiger charge is -2.32. The number of ether oxygens (including phenoxy) is 3. The van der Waals surface area contributed by atoms with E-state index >= 15 is 0 Å². The van der Waals surface area contributed by atoms with Gasteiger partial charge in [-0.25, -0.2) is 9.78 Å². The third-order valence-corrected chi connectivity index (χ3v) is 7.33. The molecular formula is C27H28N6O6S. The van der Waals surface area contributed by atoms with Gasteiger partial charge in [0.1, 0.15) is 16.8 Å². The van der Waals surface area contributed by atoms with Crippen LogP contribution in [0.5, 0.6) is 17.2 Å². The van der Waals surface area contributed by atoms with Gasteiger partial charge in [0.05, 0.1) is 32.8 Å². The van der Waals surface area contributed by atoms with E-state index in [1.807, 2.05) is 17.0 Å². The van der Waals surface area contributed by atoms with Crippen LogP contribution in [0.4, 0.5) is 23.1 Å². The van der Waals surface area contributed by atoms with E-state index in [1.54, 1.807) is 31.9 Å². The average Bonchev–Trinajstić information content (AvgIpc) is 3.46. The lowest BCUT2D eigenvalue weighted by atomic mass is 9.97. The summed E-state index contributed by atoms with van der Waals surface area (Å²) in [5, 5.41) is 15.5. The lowest BCUT2D eigenvalue weighted by Crippen LogP contribution is -2.41. The molecule has 1 unspecified atom stereocenters. The summed E-state index contributed by atoms with van der Waals surface area (Å²) in [4.78, 5) is 41.2. The van der Waals surface area contributed by atoms with Crippen molar-refractivity contribution in [2.75, 3.05) is 50.0 Å². The molecule has 2 aromatic heterocycles. The van der Waals surface area contributed by atoms with Crippen LogP contribution in [0.2, 0.25) is 0 Å². The SMILES string of the molecule is COc1ccc(Nc2nc(N3CCCC(C(=O)Nc4ccc(C(=O)O)c(OC)c4)C3)nc3scnc23)cc1OC. The summed E-state index contributed by atoms with van der Waals surface area (Å²) in [6, 6.07) is 9.96. The molecule has 13 heteroatoms. The lowest BCUT2D eigenvalue weighted by molar-refractivity contribution is -0.120. The molecule has 1 aliphatic rings. The summed E-state index contributed by atoms with van der Waals surface area (Å²) in [6.07, 6.45) is 1.48. The highest BCUT2D eigenvalue weighted by Gasteiger charge is 2.28. The van der Waals surface area contributed by atoms with Gasteiger partial charge >= 0.3 is 5.97 Å². The van der Waals surface area contributed by atoms with E-state index in [9.17, 15) is 14.7 Å². The molecule has 0 bridgehead atoms. The molecule has 1 amide bonds. The number of amides is 1. The van der Waals surface area contributed by atoms with Crippen LogP contribution in [0.1, 0.15) is 23.2 Å². The Hall–Kier alpha value is -4.65. The van der Waals surface area contributed by atoms with Crippen LogP contribution in [0, 0.1) is 5.92 Å². The first-order valence-corrected chi connectivity index (χ1v) is 13.4. The van der Waals surface area contributed by atoms with Crippen molar-refractivity contribution in [1.82, 2.24) is 15.0 Å². The molecule has 0 spiro atoms. The van der Waals surface area contributed by atoms with E-state index in [0.29, 0.717) is 54.0 Å². The molecular weight excluding hydrogens is 536 g/mol. The smallest absolute Gasteiger partial charge is 0.339 e. The second kappa shape index (κ2) is 11.6. The summed E-state index contributed by atoms with van der Waals surface area (Å²) in [7, 11) is 4.55. The van der Waals surface area contributed by atoms with E-state index in [-0.39, 0.29) is 23.1 Å². The van der Waals surface area contributed by atoms with Gasteiger partial charge in [0.15, 0.2) is 22.1 Å². The standard InChI is InChI=1S/C27H28N6O6S/c1-37-19-9-7-16(12-21(19)39-3)29-23-22-25(40-14-28-22)32-27(31-23)33-10-4-5-15(13-33)24(34)30-17-6-8-18(26(35)36)20(11-17)38-2/h6-9,11-12,14-15H,4-5,10,13H2,1-3H3,(H,30,34)(H,35,36)(H,29,31,32). The number of benzene rings is 2. The average molecular weight is 565 g/mol. The number of piperidine rings is 1. The Morgan fingerprint density at radius 2 is 1.75 bits per heavy atom. The first-order valence-electron chi connectivity index (χ1n) is 12.5. The number of hydrogen-bond donors (Lipinski definition) is 3. The number of carbonyl (C=O) groups excluding carboxylic acids is 1. The van der Waals surface area contributed by atoms with Crippen molar-refractivity contribution < 1.29 is 28.9 Å². The fourth-order valence-electron chi connectivity index (χ4n) is 4.59. The molecule has 1 fully saturated rings. The maximum Gasteiger partial charge on any atom is 0.339 e. The summed E-state index contributed by atoms with van der Waals surface area (Å²) < 4.78 is 15.9. The number of nitrogens with zero attached hydrogens (tertiary/aromatic N) is 4. The molecule has 2 aromatic carbocycles. The Morgan fingerprint density at radius 1 is 1.00 bits per heavy atom.